The van der Waals surface area contributed by atoms with Gasteiger partial charge in [-0.25, -0.2) is 0 Å². The normalized spacial score (nSPS) is 18.3. The fraction of sp³-hybridized carbons (Fsp3) is 0.483. The summed E-state index contributed by atoms with van der Waals surface area (Å²) >= 11 is 0. The van der Waals surface area contributed by atoms with E-state index in [4.69, 9.17) is 15.8 Å². The summed E-state index contributed by atoms with van der Waals surface area (Å²) in [5, 5.41) is 9.11. The predicted molar refractivity (Wildman–Crippen MR) is 137 cm³/mol. The van der Waals surface area contributed by atoms with Gasteiger partial charge < -0.3 is 9.94 Å². The topological polar surface area (TPSA) is 75.8 Å². The van der Waals surface area contributed by atoms with Crippen molar-refractivity contribution in [3.8, 4) is 0 Å². The minimum atomic E-state index is -4.44. The number of rotatable bonds is 8. The van der Waals surface area contributed by atoms with Gasteiger partial charge >= 0.3 is 12.1 Å². The number of aliphatic carboxylic acids is 1. The highest BCUT2D eigenvalue weighted by Crippen LogP contribution is 2.42. The number of benzene rings is 2. The van der Waals surface area contributed by atoms with Gasteiger partial charge in [0.2, 0.25) is 0 Å². The molecule has 0 atom stereocenters. The van der Waals surface area contributed by atoms with Gasteiger partial charge in [-0.3, -0.25) is 9.69 Å². The first-order valence-electron chi connectivity index (χ1n) is 13.0. The van der Waals surface area contributed by atoms with Gasteiger partial charge in [0.15, 0.2) is 5.76 Å². The van der Waals surface area contributed by atoms with Crippen LogP contribution in [0.3, 0.4) is 0 Å². The highest BCUT2D eigenvalue weighted by atomic mass is 19.4. The predicted octanol–water partition coefficient (Wildman–Crippen LogP) is 6.61. The van der Waals surface area contributed by atoms with Gasteiger partial charge in [-0.05, 0) is 66.5 Å². The van der Waals surface area contributed by atoms with E-state index in [-0.39, 0.29) is 11.8 Å². The number of likely N-dealkylation sites (tertiary alicyclic amines) is 1. The third-order valence-electron chi connectivity index (χ3n) is 7.84. The summed E-state index contributed by atoms with van der Waals surface area (Å²) in [5.41, 5.74) is 3.60. The number of alkyl halides is 3. The third-order valence-corrected chi connectivity index (χ3v) is 7.84. The number of carbonyl (C=O) groups is 1. The monoisotopic (exact) mass is 516 g/mol. The summed E-state index contributed by atoms with van der Waals surface area (Å²) in [7, 11) is 0. The number of aryl methyl sites for hydroxylation is 1. The Morgan fingerprint density at radius 1 is 1.05 bits per heavy atom. The smallest absolute Gasteiger partial charge is 0.416 e. The lowest BCUT2D eigenvalue weighted by molar-refractivity contribution is -0.147. The van der Waals surface area contributed by atoms with E-state index in [0.717, 1.165) is 49.7 Å². The molecule has 0 spiro atoms. The number of halogens is 3. The molecule has 8 heteroatoms. The maximum atomic E-state index is 14.1. The van der Waals surface area contributed by atoms with Crippen LogP contribution in [0.1, 0.15) is 85.3 Å². The molecule has 0 amide bonds. The first-order valence-corrected chi connectivity index (χ1v) is 13.0. The summed E-state index contributed by atoms with van der Waals surface area (Å²) in [4.78, 5) is 18.4. The van der Waals surface area contributed by atoms with Crippen molar-refractivity contribution < 1.29 is 27.9 Å². The van der Waals surface area contributed by atoms with Crippen LogP contribution in [-0.4, -0.2) is 29.1 Å². The molecule has 3 N–H and O–H groups in total. The molecular weight excluding hydrogens is 481 g/mol. The van der Waals surface area contributed by atoms with E-state index >= 15 is 0 Å². The highest BCUT2D eigenvalue weighted by molar-refractivity contribution is 5.87. The maximum Gasteiger partial charge on any atom is 0.416 e. The molecule has 4 rings (SSSR count). The van der Waals surface area contributed by atoms with Crippen molar-refractivity contribution in [2.24, 2.45) is 11.8 Å². The molecule has 0 bridgehead atoms. The van der Waals surface area contributed by atoms with Gasteiger partial charge in [0.1, 0.15) is 0 Å². The molecule has 1 heterocycles. The molecular formula is C29H35F3N2O3. The number of hydrogen-bond donors (Lipinski definition) is 2. The lowest BCUT2D eigenvalue weighted by Crippen LogP contribution is -2.49. The van der Waals surface area contributed by atoms with Crippen LogP contribution in [0, 0.1) is 5.92 Å². The van der Waals surface area contributed by atoms with Crippen LogP contribution in [0.5, 0.6) is 0 Å². The quantitative estimate of drug-likeness (QED) is 0.235. The zero-order valence-electron chi connectivity index (χ0n) is 21.4. The second kappa shape index (κ2) is 11.3. The van der Waals surface area contributed by atoms with E-state index in [2.05, 4.69) is 4.90 Å². The van der Waals surface area contributed by atoms with Crippen LogP contribution >= 0.6 is 0 Å². The lowest BCUT2D eigenvalue weighted by atomic mass is 9.81. The van der Waals surface area contributed by atoms with E-state index in [1.165, 1.54) is 6.07 Å². The SMILES string of the molecule is CCc1cc(/C(ON)=C(/C)c2ccc(C3CCCCC3)c(C(F)(F)F)c2)ccc1CN1CC(C(=O)O)C1. The molecule has 2 fully saturated rings. The summed E-state index contributed by atoms with van der Waals surface area (Å²) < 4.78 is 42.3. The minimum absolute atomic E-state index is 0.0641. The van der Waals surface area contributed by atoms with Crippen LogP contribution in [0.25, 0.3) is 11.3 Å². The maximum absolute atomic E-state index is 14.1. The first kappa shape index (κ1) is 27.2. The summed E-state index contributed by atoms with van der Waals surface area (Å²) in [6.07, 6.45) is 0.867. The first-order chi connectivity index (χ1) is 17.6. The molecule has 2 aromatic rings. The van der Waals surface area contributed by atoms with Crippen molar-refractivity contribution in [1.29, 1.82) is 0 Å². The Hall–Kier alpha value is -2.84. The average molecular weight is 517 g/mol. The molecule has 1 saturated carbocycles. The highest BCUT2D eigenvalue weighted by Gasteiger charge is 2.36. The summed E-state index contributed by atoms with van der Waals surface area (Å²) in [6.45, 7) is 5.44. The molecule has 2 aliphatic rings. The Morgan fingerprint density at radius 3 is 2.32 bits per heavy atom. The van der Waals surface area contributed by atoms with Crippen molar-refractivity contribution >= 4 is 17.3 Å². The standard InChI is InChI=1S/C29H35F3N2O3/c1-3-19-13-22(9-10-23(19)15-34-16-24(17-34)28(35)36)27(37-33)18(2)21-11-12-25(20-7-5-4-6-8-20)26(14-21)29(30,31)32/h9-14,20,24H,3-8,15-17,33H2,1-2H3,(H,35,36)/b27-18+. The lowest BCUT2D eigenvalue weighted by Gasteiger charge is -2.37. The molecule has 37 heavy (non-hydrogen) atoms. The molecule has 0 radical (unpaired) electrons. The van der Waals surface area contributed by atoms with E-state index in [1.54, 1.807) is 19.1 Å². The minimum Gasteiger partial charge on any atom is -0.481 e. The fourth-order valence-electron chi connectivity index (χ4n) is 5.66. The van der Waals surface area contributed by atoms with Crippen molar-refractivity contribution in [1.82, 2.24) is 4.90 Å². The number of nitrogens with zero attached hydrogens (tertiary/aromatic N) is 1. The van der Waals surface area contributed by atoms with E-state index in [9.17, 15) is 18.0 Å². The van der Waals surface area contributed by atoms with Crippen LogP contribution in [0.2, 0.25) is 0 Å². The number of carboxylic acid groups (broad SMARTS) is 1. The zero-order valence-corrected chi connectivity index (χ0v) is 21.4. The van der Waals surface area contributed by atoms with Crippen molar-refractivity contribution in [2.45, 2.75) is 71.0 Å². The molecule has 2 aromatic carbocycles. The molecule has 0 unspecified atom stereocenters. The second-order valence-electron chi connectivity index (χ2n) is 10.3. The van der Waals surface area contributed by atoms with Gasteiger partial charge in [0.25, 0.3) is 0 Å². The number of nitrogens with two attached hydrogens (primary N) is 1. The van der Waals surface area contributed by atoms with Crippen molar-refractivity contribution in [3.63, 3.8) is 0 Å². The second-order valence-corrected chi connectivity index (χ2v) is 10.3. The molecule has 1 aliphatic heterocycles. The van der Waals surface area contributed by atoms with Crippen LogP contribution < -0.4 is 5.90 Å². The van der Waals surface area contributed by atoms with Crippen molar-refractivity contribution in [2.75, 3.05) is 13.1 Å². The Morgan fingerprint density at radius 2 is 1.73 bits per heavy atom. The van der Waals surface area contributed by atoms with Crippen LogP contribution in [-0.2, 0) is 28.8 Å². The third kappa shape index (κ3) is 6.02. The van der Waals surface area contributed by atoms with Gasteiger partial charge in [-0.15, -0.1) is 0 Å². The van der Waals surface area contributed by atoms with E-state index in [1.807, 2.05) is 25.1 Å². The van der Waals surface area contributed by atoms with E-state index < -0.39 is 17.7 Å². The molecule has 1 saturated heterocycles. The Bertz CT molecular complexity index is 1160. The fourth-order valence-corrected chi connectivity index (χ4v) is 5.66. The summed E-state index contributed by atoms with van der Waals surface area (Å²) in [5.74, 6) is 4.83. The van der Waals surface area contributed by atoms with Gasteiger partial charge in [-0.1, -0.05) is 50.5 Å². The Balaban J connectivity index is 1.64. The number of hydrogen-bond acceptors (Lipinski definition) is 4. The molecule has 0 aromatic heterocycles. The van der Waals surface area contributed by atoms with Crippen molar-refractivity contribution in [3.05, 3.63) is 69.8 Å². The van der Waals surface area contributed by atoms with Gasteiger partial charge in [0.05, 0.1) is 11.5 Å². The zero-order chi connectivity index (χ0) is 26.7. The van der Waals surface area contributed by atoms with Crippen LogP contribution in [0.4, 0.5) is 13.2 Å². The largest absolute Gasteiger partial charge is 0.481 e. The Labute approximate surface area is 216 Å². The van der Waals surface area contributed by atoms with Gasteiger partial charge in [-0.2, -0.15) is 19.1 Å². The molecule has 5 nitrogen and oxygen atoms in total. The van der Waals surface area contributed by atoms with E-state index in [0.29, 0.717) is 47.7 Å². The summed E-state index contributed by atoms with van der Waals surface area (Å²) in [6, 6.07) is 10.4. The van der Waals surface area contributed by atoms with Crippen LogP contribution in [0.15, 0.2) is 36.4 Å². The average Bonchev–Trinajstić information content (AvgIpc) is 2.86. The van der Waals surface area contributed by atoms with Gasteiger partial charge in [0, 0.05) is 30.8 Å². The molecule has 1 aliphatic carbocycles. The number of carboxylic acids is 1. The Kier molecular flexibility index (Phi) is 8.29. The number of allylic oxidation sites excluding steroid dienone is 1. The molecule has 200 valence electrons.